The molecule has 2 aliphatic rings. The van der Waals surface area contributed by atoms with Crippen molar-refractivity contribution in [1.29, 1.82) is 0 Å². The summed E-state index contributed by atoms with van der Waals surface area (Å²) < 4.78 is 2.00. The summed E-state index contributed by atoms with van der Waals surface area (Å²) in [7, 11) is 3.17. The number of urea groups is 1. The first-order valence-corrected chi connectivity index (χ1v) is 11.1. The molecular formula is C24H26N6O3. The summed E-state index contributed by atoms with van der Waals surface area (Å²) in [5.41, 5.74) is 2.31. The van der Waals surface area contributed by atoms with Crippen LogP contribution in [-0.2, 0) is 17.8 Å². The standard InChI is InChI=1S/C24H26N6O3/c1-27-22(32)24(28(2)23(27)33)9-12-29(13-10-24)21(31)18-14-19-20(25-15-18)30(16-26-19)11-8-17-6-4-3-5-7-17/h3-7,14-16H,8-13H2,1-2H3. The fourth-order valence-corrected chi connectivity index (χ4v) is 4.89. The Morgan fingerprint density at radius 3 is 2.45 bits per heavy atom. The predicted octanol–water partition coefficient (Wildman–Crippen LogP) is 2.17. The number of piperidine rings is 1. The SMILES string of the molecule is CN1C(=O)N(C)C2(CCN(C(=O)c3cnc4c(c3)ncn4CCc3ccccc3)CC2)C1=O. The van der Waals surface area contributed by atoms with E-state index in [0.717, 1.165) is 18.6 Å². The second-order valence-electron chi connectivity index (χ2n) is 8.77. The minimum Gasteiger partial charge on any atom is -0.338 e. The van der Waals surface area contributed by atoms with Crippen LogP contribution >= 0.6 is 0 Å². The number of hydrogen-bond donors (Lipinski definition) is 0. The molecule has 2 aromatic heterocycles. The van der Waals surface area contributed by atoms with E-state index in [9.17, 15) is 14.4 Å². The van der Waals surface area contributed by atoms with Crippen LogP contribution in [0.3, 0.4) is 0 Å². The lowest BCUT2D eigenvalue weighted by atomic mass is 9.86. The molecule has 0 aliphatic carbocycles. The van der Waals surface area contributed by atoms with Gasteiger partial charge in [0.1, 0.15) is 11.1 Å². The normalized spacial score (nSPS) is 18.1. The Morgan fingerprint density at radius 2 is 1.79 bits per heavy atom. The minimum atomic E-state index is -0.845. The molecule has 33 heavy (non-hydrogen) atoms. The van der Waals surface area contributed by atoms with Gasteiger partial charge in [-0.3, -0.25) is 14.5 Å². The van der Waals surface area contributed by atoms with E-state index in [1.807, 2.05) is 22.8 Å². The average Bonchev–Trinajstić information content (AvgIpc) is 3.33. The Kier molecular flexibility index (Phi) is 5.11. The van der Waals surface area contributed by atoms with Crippen molar-refractivity contribution in [2.45, 2.75) is 31.3 Å². The monoisotopic (exact) mass is 446 g/mol. The van der Waals surface area contributed by atoms with Crippen molar-refractivity contribution in [3.8, 4) is 0 Å². The van der Waals surface area contributed by atoms with Crippen LogP contribution in [0, 0.1) is 0 Å². The number of nitrogens with zero attached hydrogens (tertiary/aromatic N) is 6. The van der Waals surface area contributed by atoms with Gasteiger partial charge in [-0.25, -0.2) is 14.8 Å². The Labute approximate surface area is 191 Å². The zero-order valence-electron chi connectivity index (χ0n) is 18.8. The number of pyridine rings is 1. The molecule has 5 rings (SSSR count). The summed E-state index contributed by atoms with van der Waals surface area (Å²) in [6, 6.07) is 11.7. The van der Waals surface area contributed by atoms with Crippen LogP contribution in [0.1, 0.15) is 28.8 Å². The molecule has 2 aliphatic heterocycles. The van der Waals surface area contributed by atoms with Gasteiger partial charge in [0.05, 0.1) is 11.9 Å². The Balaban J connectivity index is 1.28. The van der Waals surface area contributed by atoms with Crippen molar-refractivity contribution in [3.63, 3.8) is 0 Å². The third-order valence-electron chi connectivity index (χ3n) is 6.98. The number of carbonyl (C=O) groups excluding carboxylic acids is 3. The molecule has 1 aromatic carbocycles. The number of rotatable bonds is 4. The van der Waals surface area contributed by atoms with Crippen LogP contribution in [0.5, 0.6) is 0 Å². The first kappa shape index (κ1) is 21.1. The van der Waals surface area contributed by atoms with E-state index < -0.39 is 5.54 Å². The van der Waals surface area contributed by atoms with Gasteiger partial charge in [-0.15, -0.1) is 0 Å². The number of fused-ring (bicyclic) bond motifs is 1. The van der Waals surface area contributed by atoms with Crippen molar-refractivity contribution >= 4 is 29.0 Å². The Bertz CT molecular complexity index is 1230. The second kappa shape index (κ2) is 7.99. The van der Waals surface area contributed by atoms with E-state index >= 15 is 0 Å². The molecule has 9 heteroatoms. The van der Waals surface area contributed by atoms with Gasteiger partial charge in [0, 0.05) is 39.9 Å². The van der Waals surface area contributed by atoms with Crippen LogP contribution in [0.2, 0.25) is 0 Å². The van der Waals surface area contributed by atoms with Gasteiger partial charge in [0.2, 0.25) is 0 Å². The van der Waals surface area contributed by atoms with E-state index in [1.54, 1.807) is 30.5 Å². The molecule has 3 aromatic rings. The molecule has 2 fully saturated rings. The van der Waals surface area contributed by atoms with Crippen molar-refractivity contribution in [3.05, 3.63) is 60.0 Å². The van der Waals surface area contributed by atoms with Gasteiger partial charge >= 0.3 is 6.03 Å². The fraction of sp³-hybridized carbons (Fsp3) is 0.375. The van der Waals surface area contributed by atoms with Crippen LogP contribution in [0.25, 0.3) is 11.2 Å². The van der Waals surface area contributed by atoms with Crippen LogP contribution in [0.15, 0.2) is 48.9 Å². The number of aromatic nitrogens is 3. The summed E-state index contributed by atoms with van der Waals surface area (Å²) in [4.78, 5) is 51.4. The van der Waals surface area contributed by atoms with Gasteiger partial charge in [-0.1, -0.05) is 30.3 Å². The van der Waals surface area contributed by atoms with Crippen molar-refractivity contribution in [2.24, 2.45) is 0 Å². The van der Waals surface area contributed by atoms with Crippen LogP contribution in [0.4, 0.5) is 4.79 Å². The predicted molar refractivity (Wildman–Crippen MR) is 121 cm³/mol. The highest BCUT2D eigenvalue weighted by atomic mass is 16.2. The molecule has 0 bridgehead atoms. The summed E-state index contributed by atoms with van der Waals surface area (Å²) in [6.45, 7) is 1.56. The lowest BCUT2D eigenvalue weighted by molar-refractivity contribution is -0.134. The fourth-order valence-electron chi connectivity index (χ4n) is 4.89. The van der Waals surface area contributed by atoms with Gasteiger partial charge in [-0.2, -0.15) is 0 Å². The van der Waals surface area contributed by atoms with Gasteiger partial charge in [0.15, 0.2) is 5.65 Å². The summed E-state index contributed by atoms with van der Waals surface area (Å²) in [5.74, 6) is -0.322. The number of carbonyl (C=O) groups is 3. The van der Waals surface area contributed by atoms with Gasteiger partial charge in [-0.05, 0) is 30.9 Å². The van der Waals surface area contributed by atoms with Gasteiger partial charge in [0.25, 0.3) is 11.8 Å². The summed E-state index contributed by atoms with van der Waals surface area (Å²) in [5, 5.41) is 0. The largest absolute Gasteiger partial charge is 0.338 e. The molecule has 2 saturated heterocycles. The maximum Gasteiger partial charge on any atom is 0.327 e. The smallest absolute Gasteiger partial charge is 0.327 e. The van der Waals surface area contributed by atoms with E-state index in [2.05, 4.69) is 22.1 Å². The topological polar surface area (TPSA) is 91.6 Å². The van der Waals surface area contributed by atoms with E-state index in [1.165, 1.54) is 22.4 Å². The number of likely N-dealkylation sites (N-methyl/N-ethyl adjacent to an activating group) is 2. The molecule has 4 heterocycles. The maximum absolute atomic E-state index is 13.1. The first-order chi connectivity index (χ1) is 15.9. The molecule has 0 unspecified atom stereocenters. The first-order valence-electron chi connectivity index (χ1n) is 11.1. The highest BCUT2D eigenvalue weighted by Crippen LogP contribution is 2.35. The number of benzene rings is 1. The highest BCUT2D eigenvalue weighted by molar-refractivity contribution is 6.07. The van der Waals surface area contributed by atoms with Crippen molar-refractivity contribution in [2.75, 3.05) is 27.2 Å². The lowest BCUT2D eigenvalue weighted by Crippen LogP contribution is -2.56. The van der Waals surface area contributed by atoms with Gasteiger partial charge < -0.3 is 14.4 Å². The quantitative estimate of drug-likeness (QED) is 0.573. The minimum absolute atomic E-state index is 0.133. The zero-order chi connectivity index (χ0) is 23.2. The second-order valence-corrected chi connectivity index (χ2v) is 8.77. The molecule has 0 atom stereocenters. The Hall–Kier alpha value is -3.75. The number of imide groups is 1. The van der Waals surface area contributed by atoms with E-state index in [-0.39, 0.29) is 17.8 Å². The average molecular weight is 447 g/mol. The summed E-state index contributed by atoms with van der Waals surface area (Å²) >= 11 is 0. The number of hydrogen-bond acceptors (Lipinski definition) is 5. The van der Waals surface area contributed by atoms with Crippen LogP contribution < -0.4 is 0 Å². The molecule has 1 spiro atoms. The number of imidazole rings is 1. The number of amides is 4. The molecular weight excluding hydrogens is 420 g/mol. The highest BCUT2D eigenvalue weighted by Gasteiger charge is 2.55. The molecule has 9 nitrogen and oxygen atoms in total. The molecule has 0 saturated carbocycles. The molecule has 4 amide bonds. The number of likely N-dealkylation sites (tertiary alicyclic amines) is 1. The van der Waals surface area contributed by atoms with Crippen molar-refractivity contribution in [1.82, 2.24) is 29.2 Å². The lowest BCUT2D eigenvalue weighted by Gasteiger charge is -2.40. The third kappa shape index (κ3) is 3.44. The van der Waals surface area contributed by atoms with Crippen LogP contribution in [-0.4, -0.2) is 79.8 Å². The molecule has 0 N–H and O–H groups in total. The molecule has 170 valence electrons. The zero-order valence-corrected chi connectivity index (χ0v) is 18.8. The molecule has 0 radical (unpaired) electrons. The summed E-state index contributed by atoms with van der Waals surface area (Å²) in [6.07, 6.45) is 5.07. The van der Waals surface area contributed by atoms with Crippen molar-refractivity contribution < 1.29 is 14.4 Å². The third-order valence-corrected chi connectivity index (χ3v) is 6.98. The number of aryl methyl sites for hydroxylation is 2. The Morgan fingerprint density at radius 1 is 1.06 bits per heavy atom. The maximum atomic E-state index is 13.1. The van der Waals surface area contributed by atoms with E-state index in [0.29, 0.717) is 37.0 Å². The van der Waals surface area contributed by atoms with E-state index in [4.69, 9.17) is 0 Å².